The zero-order chi connectivity index (χ0) is 17.8. The van der Waals surface area contributed by atoms with Crippen molar-refractivity contribution in [1.29, 1.82) is 0 Å². The lowest BCUT2D eigenvalue weighted by molar-refractivity contribution is 0.628. The van der Waals surface area contributed by atoms with Gasteiger partial charge in [0.1, 0.15) is 11.6 Å². The third-order valence-electron chi connectivity index (χ3n) is 3.78. The summed E-state index contributed by atoms with van der Waals surface area (Å²) in [5, 5.41) is 6.41. The van der Waals surface area contributed by atoms with Crippen LogP contribution in [0.25, 0.3) is 0 Å². The average Bonchev–Trinajstić information content (AvgIpc) is 2.54. The Morgan fingerprint density at radius 2 is 1.72 bits per heavy atom. The highest BCUT2D eigenvalue weighted by Crippen LogP contribution is 2.27. The highest BCUT2D eigenvalue weighted by molar-refractivity contribution is 5.63. The molecule has 128 valence electrons. The first-order valence-electron chi connectivity index (χ1n) is 8.25. The molecule has 3 aromatic rings. The molecule has 25 heavy (non-hydrogen) atoms. The number of para-hydroxylation sites is 1. The van der Waals surface area contributed by atoms with E-state index >= 15 is 0 Å². The van der Waals surface area contributed by atoms with Gasteiger partial charge >= 0.3 is 0 Å². The summed E-state index contributed by atoms with van der Waals surface area (Å²) in [6.45, 7) is 6.21. The Balaban J connectivity index is 1.87. The molecule has 2 N–H and O–H groups in total. The van der Waals surface area contributed by atoms with Crippen LogP contribution < -0.4 is 10.6 Å². The van der Waals surface area contributed by atoms with Crippen molar-refractivity contribution in [2.24, 2.45) is 0 Å². The first-order chi connectivity index (χ1) is 12.0. The number of aryl methyl sites for hydroxylation is 1. The second-order valence-corrected chi connectivity index (χ2v) is 6.22. The maximum atomic E-state index is 13.3. The Hall–Kier alpha value is -2.95. The van der Waals surface area contributed by atoms with E-state index in [2.05, 4.69) is 40.5 Å². The largest absolute Gasteiger partial charge is 0.340 e. The Kier molecular flexibility index (Phi) is 4.93. The molecule has 0 unspecified atom stereocenters. The molecule has 5 heteroatoms. The van der Waals surface area contributed by atoms with E-state index in [0.29, 0.717) is 23.4 Å². The number of rotatable bonds is 5. The van der Waals surface area contributed by atoms with Crippen LogP contribution in [0, 0.1) is 12.7 Å². The lowest BCUT2D eigenvalue weighted by Crippen LogP contribution is -2.04. The first kappa shape index (κ1) is 16.9. The standard InChI is InChI=1S/C20H21FN4/c1-13(2)17-9-4-5-10-18(17)24-19-11-14(3)22-20(25-19)23-16-8-6-7-15(21)12-16/h4-13H,1-3H3,(H2,22,23,24,25). The van der Waals surface area contributed by atoms with Gasteiger partial charge in [-0.3, -0.25) is 0 Å². The van der Waals surface area contributed by atoms with E-state index in [1.54, 1.807) is 12.1 Å². The van der Waals surface area contributed by atoms with E-state index in [1.165, 1.54) is 17.7 Å². The quantitative estimate of drug-likeness (QED) is 0.643. The molecule has 0 aliphatic carbocycles. The Morgan fingerprint density at radius 1 is 0.920 bits per heavy atom. The minimum atomic E-state index is -0.304. The van der Waals surface area contributed by atoms with Gasteiger partial charge in [0.05, 0.1) is 0 Å². The highest BCUT2D eigenvalue weighted by Gasteiger charge is 2.08. The molecule has 0 aliphatic rings. The molecule has 0 radical (unpaired) electrons. The smallest absolute Gasteiger partial charge is 0.229 e. The van der Waals surface area contributed by atoms with Crippen molar-refractivity contribution in [2.45, 2.75) is 26.7 Å². The van der Waals surface area contributed by atoms with E-state index in [-0.39, 0.29) is 5.82 Å². The predicted octanol–water partition coefficient (Wildman–Crippen LogP) is 5.53. The minimum absolute atomic E-state index is 0.304. The molecule has 0 fully saturated rings. The zero-order valence-corrected chi connectivity index (χ0v) is 14.5. The molecular weight excluding hydrogens is 315 g/mol. The molecule has 1 heterocycles. The Bertz CT molecular complexity index is 877. The van der Waals surface area contributed by atoms with Gasteiger partial charge in [-0.25, -0.2) is 9.37 Å². The molecule has 0 aliphatic heterocycles. The number of benzene rings is 2. The van der Waals surface area contributed by atoms with Crippen LogP contribution in [0.4, 0.5) is 27.5 Å². The number of hydrogen-bond acceptors (Lipinski definition) is 4. The average molecular weight is 336 g/mol. The lowest BCUT2D eigenvalue weighted by Gasteiger charge is -2.15. The number of hydrogen-bond donors (Lipinski definition) is 2. The summed E-state index contributed by atoms with van der Waals surface area (Å²) in [6.07, 6.45) is 0. The molecule has 0 atom stereocenters. The van der Waals surface area contributed by atoms with Crippen LogP contribution in [0.5, 0.6) is 0 Å². The number of anilines is 4. The highest BCUT2D eigenvalue weighted by atomic mass is 19.1. The molecule has 0 saturated heterocycles. The van der Waals surface area contributed by atoms with Gasteiger partial charge in [-0.1, -0.05) is 38.1 Å². The summed E-state index contributed by atoms with van der Waals surface area (Å²) in [7, 11) is 0. The van der Waals surface area contributed by atoms with Gasteiger partial charge in [0, 0.05) is 23.1 Å². The van der Waals surface area contributed by atoms with Gasteiger partial charge in [0.25, 0.3) is 0 Å². The molecular formula is C20H21FN4. The van der Waals surface area contributed by atoms with Crippen molar-refractivity contribution < 1.29 is 4.39 Å². The maximum Gasteiger partial charge on any atom is 0.229 e. The minimum Gasteiger partial charge on any atom is -0.340 e. The fraction of sp³-hybridized carbons (Fsp3) is 0.200. The van der Waals surface area contributed by atoms with E-state index in [1.807, 2.05) is 31.2 Å². The van der Waals surface area contributed by atoms with Crippen LogP contribution in [0.3, 0.4) is 0 Å². The summed E-state index contributed by atoms with van der Waals surface area (Å²) >= 11 is 0. The van der Waals surface area contributed by atoms with Crippen molar-refractivity contribution in [2.75, 3.05) is 10.6 Å². The van der Waals surface area contributed by atoms with E-state index in [9.17, 15) is 4.39 Å². The van der Waals surface area contributed by atoms with Crippen molar-refractivity contribution in [1.82, 2.24) is 9.97 Å². The zero-order valence-electron chi connectivity index (χ0n) is 14.5. The van der Waals surface area contributed by atoms with Crippen molar-refractivity contribution >= 4 is 23.1 Å². The van der Waals surface area contributed by atoms with Crippen molar-refractivity contribution in [3.63, 3.8) is 0 Å². The van der Waals surface area contributed by atoms with Crippen molar-refractivity contribution in [3.8, 4) is 0 Å². The fourth-order valence-electron chi connectivity index (χ4n) is 2.64. The van der Waals surface area contributed by atoms with Crippen LogP contribution in [0.15, 0.2) is 54.6 Å². The Morgan fingerprint density at radius 3 is 2.48 bits per heavy atom. The molecule has 4 nitrogen and oxygen atoms in total. The third kappa shape index (κ3) is 4.32. The molecule has 0 spiro atoms. The third-order valence-corrected chi connectivity index (χ3v) is 3.78. The van der Waals surface area contributed by atoms with Gasteiger partial charge in [-0.2, -0.15) is 4.98 Å². The fourth-order valence-corrected chi connectivity index (χ4v) is 2.64. The molecule has 1 aromatic heterocycles. The molecule has 2 aromatic carbocycles. The predicted molar refractivity (Wildman–Crippen MR) is 100 cm³/mol. The summed E-state index contributed by atoms with van der Waals surface area (Å²) in [6, 6.07) is 16.3. The normalized spacial score (nSPS) is 10.8. The van der Waals surface area contributed by atoms with Gasteiger partial charge in [-0.15, -0.1) is 0 Å². The number of nitrogens with zero attached hydrogens (tertiary/aromatic N) is 2. The van der Waals surface area contributed by atoms with Crippen molar-refractivity contribution in [3.05, 3.63) is 71.7 Å². The topological polar surface area (TPSA) is 49.8 Å². The Labute approximate surface area is 147 Å². The van der Waals surface area contributed by atoms with Gasteiger partial charge in [0.15, 0.2) is 0 Å². The van der Waals surface area contributed by atoms with E-state index in [0.717, 1.165) is 11.4 Å². The molecule has 0 saturated carbocycles. The number of nitrogens with one attached hydrogen (secondary N) is 2. The van der Waals surface area contributed by atoms with Crippen LogP contribution in [-0.2, 0) is 0 Å². The lowest BCUT2D eigenvalue weighted by atomic mass is 10.0. The van der Waals surface area contributed by atoms with Crippen LogP contribution in [-0.4, -0.2) is 9.97 Å². The van der Waals surface area contributed by atoms with Gasteiger partial charge in [-0.05, 0) is 42.7 Å². The SMILES string of the molecule is Cc1cc(Nc2ccccc2C(C)C)nc(Nc2cccc(F)c2)n1. The van der Waals surface area contributed by atoms with Crippen LogP contribution >= 0.6 is 0 Å². The van der Waals surface area contributed by atoms with E-state index in [4.69, 9.17) is 0 Å². The van der Waals surface area contributed by atoms with E-state index < -0.39 is 0 Å². The summed E-state index contributed by atoms with van der Waals surface area (Å²) in [5.41, 5.74) is 3.67. The van der Waals surface area contributed by atoms with Crippen LogP contribution in [0.2, 0.25) is 0 Å². The monoisotopic (exact) mass is 336 g/mol. The summed E-state index contributed by atoms with van der Waals surface area (Å²) in [5.74, 6) is 1.22. The molecule has 3 rings (SSSR count). The van der Waals surface area contributed by atoms with Crippen LogP contribution in [0.1, 0.15) is 31.0 Å². The molecule has 0 amide bonds. The first-order valence-corrected chi connectivity index (χ1v) is 8.25. The molecule has 0 bridgehead atoms. The second-order valence-electron chi connectivity index (χ2n) is 6.22. The summed E-state index contributed by atoms with van der Waals surface area (Å²) in [4.78, 5) is 8.87. The summed E-state index contributed by atoms with van der Waals surface area (Å²) < 4.78 is 13.3. The van der Waals surface area contributed by atoms with Gasteiger partial charge < -0.3 is 10.6 Å². The maximum absolute atomic E-state index is 13.3. The van der Waals surface area contributed by atoms with Gasteiger partial charge in [0.2, 0.25) is 5.95 Å². The second kappa shape index (κ2) is 7.30. The number of aromatic nitrogens is 2. The number of halogens is 1.